The van der Waals surface area contributed by atoms with Gasteiger partial charge in [-0.2, -0.15) is 0 Å². The van der Waals surface area contributed by atoms with Crippen LogP contribution in [0.2, 0.25) is 0 Å². The van der Waals surface area contributed by atoms with Gasteiger partial charge in [-0.3, -0.25) is 9.78 Å². The van der Waals surface area contributed by atoms with Crippen LogP contribution in [-0.4, -0.2) is 28.6 Å². The molecule has 4 nitrogen and oxygen atoms in total. The molecule has 0 saturated carbocycles. The van der Waals surface area contributed by atoms with Crippen molar-refractivity contribution < 1.29 is 9.90 Å². The Morgan fingerprint density at radius 2 is 2.21 bits per heavy atom. The van der Waals surface area contributed by atoms with E-state index >= 15 is 0 Å². The second-order valence-electron chi connectivity index (χ2n) is 3.07. The topological polar surface area (TPSA) is 62.2 Å². The number of aliphatic hydroxyl groups excluding tert-OH is 1. The maximum Gasteiger partial charge on any atom is 0.248 e. The van der Waals surface area contributed by atoms with E-state index in [2.05, 4.69) is 10.3 Å². The fraction of sp³-hybridized carbons (Fsp3) is 0.400. The molecule has 1 aromatic heterocycles. The molecular formula is C10H14N2O2. The first-order chi connectivity index (χ1) is 6.70. The van der Waals surface area contributed by atoms with Crippen molar-refractivity contribution in [3.05, 3.63) is 30.1 Å². The highest BCUT2D eigenvalue weighted by Gasteiger charge is 2.06. The average molecular weight is 194 g/mol. The summed E-state index contributed by atoms with van der Waals surface area (Å²) in [4.78, 5) is 14.8. The molecule has 0 aliphatic heterocycles. The van der Waals surface area contributed by atoms with E-state index in [1.165, 1.54) is 6.92 Å². The number of amides is 1. The Bertz CT molecular complexity index is 285. The third kappa shape index (κ3) is 3.53. The lowest BCUT2D eigenvalue weighted by Crippen LogP contribution is -2.33. The molecule has 0 aliphatic rings. The molecule has 4 heteroatoms. The zero-order valence-corrected chi connectivity index (χ0v) is 8.10. The fourth-order valence-corrected chi connectivity index (χ4v) is 1.03. The molecule has 0 aromatic carbocycles. The molecule has 0 spiro atoms. The Balaban J connectivity index is 2.26. The minimum absolute atomic E-state index is 0.334. The quantitative estimate of drug-likeness (QED) is 0.715. The van der Waals surface area contributed by atoms with Crippen molar-refractivity contribution in [3.63, 3.8) is 0 Å². The molecule has 1 amide bonds. The van der Waals surface area contributed by atoms with E-state index < -0.39 is 6.10 Å². The maximum atomic E-state index is 11.0. The summed E-state index contributed by atoms with van der Waals surface area (Å²) >= 11 is 0. The van der Waals surface area contributed by atoms with Crippen LogP contribution in [0.15, 0.2) is 24.5 Å². The number of aliphatic hydroxyl groups is 1. The third-order valence-electron chi connectivity index (χ3n) is 1.84. The van der Waals surface area contributed by atoms with E-state index in [0.717, 1.165) is 12.0 Å². The molecule has 1 atom stereocenters. The highest BCUT2D eigenvalue weighted by atomic mass is 16.3. The monoisotopic (exact) mass is 194 g/mol. The van der Waals surface area contributed by atoms with Crippen molar-refractivity contribution in [2.45, 2.75) is 19.4 Å². The summed E-state index contributed by atoms with van der Waals surface area (Å²) in [6.45, 7) is 1.98. The molecule has 1 unspecified atom stereocenters. The minimum Gasteiger partial charge on any atom is -0.384 e. The molecule has 1 rings (SSSR count). The molecule has 0 bridgehead atoms. The van der Waals surface area contributed by atoms with Crippen LogP contribution in [-0.2, 0) is 11.2 Å². The number of aromatic nitrogens is 1. The lowest BCUT2D eigenvalue weighted by atomic mass is 10.2. The number of carbonyl (C=O) groups excluding carboxylic acids is 1. The predicted molar refractivity (Wildman–Crippen MR) is 52.6 cm³/mol. The lowest BCUT2D eigenvalue weighted by Gasteiger charge is -2.06. The largest absolute Gasteiger partial charge is 0.384 e. The second-order valence-corrected chi connectivity index (χ2v) is 3.07. The Kier molecular flexibility index (Phi) is 4.07. The van der Waals surface area contributed by atoms with Crippen molar-refractivity contribution in [3.8, 4) is 0 Å². The van der Waals surface area contributed by atoms with E-state index in [1.807, 2.05) is 12.1 Å². The Morgan fingerprint density at radius 1 is 1.57 bits per heavy atom. The summed E-state index contributed by atoms with van der Waals surface area (Å²) < 4.78 is 0. The average Bonchev–Trinajstić information content (AvgIpc) is 2.19. The van der Waals surface area contributed by atoms with Crippen molar-refractivity contribution in [2.75, 3.05) is 6.54 Å². The maximum absolute atomic E-state index is 11.0. The number of carbonyl (C=O) groups is 1. The molecule has 0 fully saturated rings. The zero-order valence-electron chi connectivity index (χ0n) is 8.10. The van der Waals surface area contributed by atoms with Crippen LogP contribution >= 0.6 is 0 Å². The van der Waals surface area contributed by atoms with Crippen LogP contribution in [0, 0.1) is 0 Å². The highest BCUT2D eigenvalue weighted by molar-refractivity contribution is 5.79. The molecule has 1 heterocycles. The number of rotatable bonds is 4. The van der Waals surface area contributed by atoms with Crippen LogP contribution < -0.4 is 5.32 Å². The van der Waals surface area contributed by atoms with Gasteiger partial charge in [-0.25, -0.2) is 0 Å². The summed E-state index contributed by atoms with van der Waals surface area (Å²) in [5, 5.41) is 11.5. The molecule has 1 aromatic rings. The van der Waals surface area contributed by atoms with Gasteiger partial charge in [0.1, 0.15) is 6.10 Å². The number of hydrogen-bond acceptors (Lipinski definition) is 3. The van der Waals surface area contributed by atoms with E-state index in [1.54, 1.807) is 12.4 Å². The zero-order chi connectivity index (χ0) is 10.4. The standard InChI is InChI=1S/C10H14N2O2/c1-8(13)10(14)12-7-4-9-2-5-11-6-3-9/h2-3,5-6,8,13H,4,7H2,1H3,(H,12,14). The van der Waals surface area contributed by atoms with Gasteiger partial charge in [0.2, 0.25) is 5.91 Å². The van der Waals surface area contributed by atoms with Gasteiger partial charge in [-0.1, -0.05) is 0 Å². The van der Waals surface area contributed by atoms with E-state index in [0.29, 0.717) is 6.54 Å². The first-order valence-electron chi connectivity index (χ1n) is 4.55. The van der Waals surface area contributed by atoms with E-state index in [-0.39, 0.29) is 5.91 Å². The van der Waals surface area contributed by atoms with Gasteiger partial charge in [-0.05, 0) is 31.0 Å². The summed E-state index contributed by atoms with van der Waals surface area (Å²) in [5.74, 6) is -0.334. The molecule has 0 saturated heterocycles. The van der Waals surface area contributed by atoms with Gasteiger partial charge < -0.3 is 10.4 Å². The van der Waals surface area contributed by atoms with Crippen LogP contribution in [0.25, 0.3) is 0 Å². The fourth-order valence-electron chi connectivity index (χ4n) is 1.03. The van der Waals surface area contributed by atoms with Crippen LogP contribution in [0.3, 0.4) is 0 Å². The summed E-state index contributed by atoms with van der Waals surface area (Å²) in [6, 6.07) is 3.79. The van der Waals surface area contributed by atoms with Crippen molar-refractivity contribution in [1.82, 2.24) is 10.3 Å². The Labute approximate surface area is 83.0 Å². The van der Waals surface area contributed by atoms with E-state index in [9.17, 15) is 4.79 Å². The first kappa shape index (κ1) is 10.7. The van der Waals surface area contributed by atoms with Crippen LogP contribution in [0.1, 0.15) is 12.5 Å². The molecule has 0 radical (unpaired) electrons. The van der Waals surface area contributed by atoms with Gasteiger partial charge >= 0.3 is 0 Å². The third-order valence-corrected chi connectivity index (χ3v) is 1.84. The number of nitrogens with one attached hydrogen (secondary N) is 1. The summed E-state index contributed by atoms with van der Waals surface area (Å²) in [6.07, 6.45) is 3.24. The Hall–Kier alpha value is -1.42. The smallest absolute Gasteiger partial charge is 0.248 e. The van der Waals surface area contributed by atoms with Crippen LogP contribution in [0.5, 0.6) is 0 Å². The second kappa shape index (κ2) is 5.34. The van der Waals surface area contributed by atoms with Gasteiger partial charge in [0, 0.05) is 18.9 Å². The van der Waals surface area contributed by atoms with Crippen LogP contribution in [0.4, 0.5) is 0 Å². The van der Waals surface area contributed by atoms with Gasteiger partial charge in [0.15, 0.2) is 0 Å². The molecule has 14 heavy (non-hydrogen) atoms. The molecular weight excluding hydrogens is 180 g/mol. The number of hydrogen-bond donors (Lipinski definition) is 2. The highest BCUT2D eigenvalue weighted by Crippen LogP contribution is 1.95. The first-order valence-corrected chi connectivity index (χ1v) is 4.55. The van der Waals surface area contributed by atoms with Crippen molar-refractivity contribution in [1.29, 1.82) is 0 Å². The number of nitrogens with zero attached hydrogens (tertiary/aromatic N) is 1. The lowest BCUT2D eigenvalue weighted by molar-refractivity contribution is -0.128. The normalized spacial score (nSPS) is 12.1. The van der Waals surface area contributed by atoms with Crippen molar-refractivity contribution in [2.24, 2.45) is 0 Å². The Morgan fingerprint density at radius 3 is 2.79 bits per heavy atom. The van der Waals surface area contributed by atoms with Gasteiger partial charge in [0.05, 0.1) is 0 Å². The number of pyridine rings is 1. The van der Waals surface area contributed by atoms with Gasteiger partial charge in [-0.15, -0.1) is 0 Å². The summed E-state index contributed by atoms with van der Waals surface area (Å²) in [7, 11) is 0. The minimum atomic E-state index is -0.938. The molecule has 76 valence electrons. The SMILES string of the molecule is CC(O)C(=O)NCCc1ccncc1. The van der Waals surface area contributed by atoms with Crippen molar-refractivity contribution >= 4 is 5.91 Å². The molecule has 0 aliphatic carbocycles. The van der Waals surface area contributed by atoms with E-state index in [4.69, 9.17) is 5.11 Å². The predicted octanol–water partition coefficient (Wildman–Crippen LogP) is 0.121. The summed E-state index contributed by atoms with van der Waals surface area (Å²) in [5.41, 5.74) is 1.12. The van der Waals surface area contributed by atoms with Gasteiger partial charge in [0.25, 0.3) is 0 Å². The molecule has 2 N–H and O–H groups in total.